The number of rotatable bonds is 0. The highest BCUT2D eigenvalue weighted by Gasteiger charge is 2.38. The predicted octanol–water partition coefficient (Wildman–Crippen LogP) is 3.06. The average Bonchev–Trinajstić information content (AvgIpc) is 2.62. The molecule has 13 heavy (non-hydrogen) atoms. The molecule has 1 heterocycles. The Balaban J connectivity index is 2.26. The van der Waals surface area contributed by atoms with Gasteiger partial charge in [0, 0.05) is 17.3 Å². The molecule has 0 saturated heterocycles. The summed E-state index contributed by atoms with van der Waals surface area (Å²) in [5, 5.41) is 0. The number of nitrogens with zero attached hydrogens (tertiary/aromatic N) is 1. The number of fused-ring (bicyclic) bond motifs is 5. The topological polar surface area (TPSA) is 12.9 Å². The molecule has 2 aliphatic rings. The molecule has 1 aromatic rings. The molecule has 3 rings (SSSR count). The van der Waals surface area contributed by atoms with Crippen LogP contribution in [-0.4, -0.2) is 4.98 Å². The van der Waals surface area contributed by atoms with Gasteiger partial charge in [-0.3, -0.25) is 4.98 Å². The highest BCUT2D eigenvalue weighted by atomic mass is 14.7. The van der Waals surface area contributed by atoms with E-state index in [0.29, 0.717) is 0 Å². The molecule has 1 aromatic heterocycles. The third kappa shape index (κ3) is 0.903. The second-order valence-electron chi connectivity index (χ2n) is 4.59. The lowest BCUT2D eigenvalue weighted by atomic mass is 9.92. The number of pyridine rings is 1. The fourth-order valence-corrected chi connectivity index (χ4v) is 3.21. The largest absolute Gasteiger partial charge is 0.258 e. The molecule has 2 aliphatic carbocycles. The van der Waals surface area contributed by atoms with E-state index < -0.39 is 0 Å². The van der Waals surface area contributed by atoms with E-state index in [1.165, 1.54) is 36.2 Å². The van der Waals surface area contributed by atoms with Crippen LogP contribution in [0.4, 0.5) is 0 Å². The van der Waals surface area contributed by atoms with Crippen molar-refractivity contribution in [3.63, 3.8) is 0 Å². The maximum absolute atomic E-state index is 4.70. The Kier molecular flexibility index (Phi) is 1.36. The Morgan fingerprint density at radius 1 is 1.23 bits per heavy atom. The standard InChI is InChI=1S/C12H15N/c1-7-5-8(2)13-12-10-4-3-9(6-10)11(7)12/h5,9-10H,3-4,6H2,1-2H3. The Hall–Kier alpha value is -0.850. The van der Waals surface area contributed by atoms with Crippen LogP contribution in [0.3, 0.4) is 0 Å². The van der Waals surface area contributed by atoms with E-state index in [9.17, 15) is 0 Å². The molecule has 0 amide bonds. The van der Waals surface area contributed by atoms with Crippen LogP contribution >= 0.6 is 0 Å². The maximum Gasteiger partial charge on any atom is 0.0475 e. The fraction of sp³-hybridized carbons (Fsp3) is 0.583. The van der Waals surface area contributed by atoms with E-state index in [2.05, 4.69) is 19.9 Å². The zero-order chi connectivity index (χ0) is 9.00. The van der Waals surface area contributed by atoms with E-state index >= 15 is 0 Å². The quantitative estimate of drug-likeness (QED) is 0.587. The Labute approximate surface area is 79.2 Å². The molecular weight excluding hydrogens is 158 g/mol. The van der Waals surface area contributed by atoms with Crippen molar-refractivity contribution in [1.82, 2.24) is 4.98 Å². The molecule has 68 valence electrons. The van der Waals surface area contributed by atoms with Crippen LogP contribution in [0.2, 0.25) is 0 Å². The van der Waals surface area contributed by atoms with E-state index in [1.807, 2.05) is 0 Å². The smallest absolute Gasteiger partial charge is 0.0475 e. The summed E-state index contributed by atoms with van der Waals surface area (Å²) in [6.45, 7) is 4.35. The van der Waals surface area contributed by atoms with Gasteiger partial charge in [0.05, 0.1) is 0 Å². The van der Waals surface area contributed by atoms with Crippen molar-refractivity contribution in [2.24, 2.45) is 0 Å². The van der Waals surface area contributed by atoms with Crippen molar-refractivity contribution < 1.29 is 0 Å². The van der Waals surface area contributed by atoms with Gasteiger partial charge >= 0.3 is 0 Å². The van der Waals surface area contributed by atoms with Crippen molar-refractivity contribution in [3.8, 4) is 0 Å². The van der Waals surface area contributed by atoms with Crippen molar-refractivity contribution in [1.29, 1.82) is 0 Å². The average molecular weight is 173 g/mol. The normalized spacial score (nSPS) is 29.4. The molecular formula is C12H15N. The number of aryl methyl sites for hydroxylation is 2. The zero-order valence-electron chi connectivity index (χ0n) is 8.30. The van der Waals surface area contributed by atoms with E-state index in [-0.39, 0.29) is 0 Å². The van der Waals surface area contributed by atoms with Gasteiger partial charge in [0.25, 0.3) is 0 Å². The van der Waals surface area contributed by atoms with Crippen LogP contribution in [0.15, 0.2) is 6.07 Å². The summed E-state index contributed by atoms with van der Waals surface area (Å²) in [7, 11) is 0. The van der Waals surface area contributed by atoms with Crippen LogP contribution in [0, 0.1) is 13.8 Å². The Morgan fingerprint density at radius 3 is 2.85 bits per heavy atom. The fourth-order valence-electron chi connectivity index (χ4n) is 3.21. The predicted molar refractivity (Wildman–Crippen MR) is 53.0 cm³/mol. The number of aromatic nitrogens is 1. The lowest BCUT2D eigenvalue weighted by molar-refractivity contribution is 0.690. The Morgan fingerprint density at radius 2 is 2.00 bits per heavy atom. The molecule has 0 aromatic carbocycles. The zero-order valence-corrected chi connectivity index (χ0v) is 8.30. The van der Waals surface area contributed by atoms with Crippen molar-refractivity contribution >= 4 is 0 Å². The third-order valence-corrected chi connectivity index (χ3v) is 3.65. The molecule has 2 unspecified atom stereocenters. The molecule has 0 radical (unpaired) electrons. The molecule has 1 saturated carbocycles. The van der Waals surface area contributed by atoms with Gasteiger partial charge in [0.1, 0.15) is 0 Å². The monoisotopic (exact) mass is 173 g/mol. The van der Waals surface area contributed by atoms with Crippen LogP contribution in [-0.2, 0) is 0 Å². The highest BCUT2D eigenvalue weighted by molar-refractivity contribution is 5.42. The number of hydrogen-bond acceptors (Lipinski definition) is 1. The first-order valence-corrected chi connectivity index (χ1v) is 5.23. The minimum Gasteiger partial charge on any atom is -0.258 e. The SMILES string of the molecule is Cc1cc(C)c2c(n1)C1CCC2C1. The van der Waals surface area contributed by atoms with Crippen molar-refractivity contribution in [2.45, 2.75) is 44.9 Å². The molecule has 2 atom stereocenters. The van der Waals surface area contributed by atoms with E-state index in [0.717, 1.165) is 11.8 Å². The van der Waals surface area contributed by atoms with Crippen molar-refractivity contribution in [2.75, 3.05) is 0 Å². The summed E-state index contributed by atoms with van der Waals surface area (Å²) in [6.07, 6.45) is 4.17. The van der Waals surface area contributed by atoms with Gasteiger partial charge in [-0.05, 0) is 56.2 Å². The minimum atomic E-state index is 0.804. The summed E-state index contributed by atoms with van der Waals surface area (Å²) in [5.74, 6) is 1.66. The van der Waals surface area contributed by atoms with Gasteiger partial charge in [-0.2, -0.15) is 0 Å². The molecule has 0 aliphatic heterocycles. The van der Waals surface area contributed by atoms with Gasteiger partial charge in [0.15, 0.2) is 0 Å². The molecule has 1 heteroatoms. The first kappa shape index (κ1) is 7.54. The van der Waals surface area contributed by atoms with Gasteiger partial charge in [0.2, 0.25) is 0 Å². The molecule has 1 nitrogen and oxygen atoms in total. The summed E-state index contributed by atoms with van der Waals surface area (Å²) in [5.41, 5.74) is 5.72. The first-order chi connectivity index (χ1) is 6.25. The van der Waals surface area contributed by atoms with Crippen LogP contribution in [0.1, 0.15) is 53.6 Å². The lowest BCUT2D eigenvalue weighted by Crippen LogP contribution is -2.04. The number of hydrogen-bond donors (Lipinski definition) is 0. The molecule has 1 fully saturated rings. The summed E-state index contributed by atoms with van der Waals surface area (Å²) < 4.78 is 0. The maximum atomic E-state index is 4.70. The summed E-state index contributed by atoms with van der Waals surface area (Å²) >= 11 is 0. The second kappa shape index (κ2) is 2.34. The molecule has 2 bridgehead atoms. The van der Waals surface area contributed by atoms with Crippen LogP contribution in [0.5, 0.6) is 0 Å². The molecule has 0 spiro atoms. The lowest BCUT2D eigenvalue weighted by Gasteiger charge is -2.16. The van der Waals surface area contributed by atoms with E-state index in [4.69, 9.17) is 4.98 Å². The summed E-state index contributed by atoms with van der Waals surface area (Å²) in [6, 6.07) is 2.24. The van der Waals surface area contributed by atoms with Gasteiger partial charge in [-0.15, -0.1) is 0 Å². The highest BCUT2D eigenvalue weighted by Crippen LogP contribution is 2.53. The first-order valence-electron chi connectivity index (χ1n) is 5.23. The van der Waals surface area contributed by atoms with E-state index in [1.54, 1.807) is 5.56 Å². The van der Waals surface area contributed by atoms with Crippen molar-refractivity contribution in [3.05, 3.63) is 28.6 Å². The minimum absolute atomic E-state index is 0.804. The van der Waals surface area contributed by atoms with Gasteiger partial charge < -0.3 is 0 Å². The molecule has 0 N–H and O–H groups in total. The second-order valence-corrected chi connectivity index (χ2v) is 4.59. The summed E-state index contributed by atoms with van der Waals surface area (Å²) in [4.78, 5) is 4.70. The Bertz CT molecular complexity index is 368. The van der Waals surface area contributed by atoms with Gasteiger partial charge in [-0.25, -0.2) is 0 Å². The van der Waals surface area contributed by atoms with Crippen LogP contribution < -0.4 is 0 Å². The van der Waals surface area contributed by atoms with Crippen LogP contribution in [0.25, 0.3) is 0 Å². The van der Waals surface area contributed by atoms with Gasteiger partial charge in [-0.1, -0.05) is 0 Å². The third-order valence-electron chi connectivity index (χ3n) is 3.65.